The van der Waals surface area contributed by atoms with Gasteiger partial charge in [0, 0.05) is 18.7 Å². The molecule has 8 heteroatoms. The van der Waals surface area contributed by atoms with Crippen molar-refractivity contribution in [3.63, 3.8) is 0 Å². The Morgan fingerprint density at radius 1 is 1.11 bits per heavy atom. The van der Waals surface area contributed by atoms with Crippen LogP contribution in [0.4, 0.5) is 5.69 Å². The van der Waals surface area contributed by atoms with E-state index in [0.717, 1.165) is 30.9 Å². The average molecular weight is 390 g/mol. The number of methoxy groups -OCH3 is 1. The zero-order chi connectivity index (χ0) is 19.4. The Bertz CT molecular complexity index is 912. The minimum Gasteiger partial charge on any atom is -0.497 e. The van der Waals surface area contributed by atoms with Crippen LogP contribution in [0.3, 0.4) is 0 Å². The minimum atomic E-state index is -3.86. The molecule has 7 nitrogen and oxygen atoms in total. The predicted molar refractivity (Wildman–Crippen MR) is 101 cm³/mol. The normalized spacial score (nSPS) is 18.6. The molecule has 0 saturated carbocycles. The minimum absolute atomic E-state index is 0.0443. The van der Waals surface area contributed by atoms with Crippen LogP contribution in [0.1, 0.15) is 37.3 Å². The highest BCUT2D eigenvalue weighted by Gasteiger charge is 2.34. The van der Waals surface area contributed by atoms with Crippen molar-refractivity contribution in [1.29, 1.82) is 0 Å². The van der Waals surface area contributed by atoms with Gasteiger partial charge in [-0.3, -0.25) is 10.1 Å². The van der Waals surface area contributed by atoms with Crippen LogP contribution >= 0.6 is 0 Å². The highest BCUT2D eigenvalue weighted by Crippen LogP contribution is 2.35. The second-order valence-corrected chi connectivity index (χ2v) is 8.40. The van der Waals surface area contributed by atoms with Gasteiger partial charge in [-0.15, -0.1) is 0 Å². The largest absolute Gasteiger partial charge is 0.497 e. The van der Waals surface area contributed by atoms with Crippen LogP contribution in [0.15, 0.2) is 53.4 Å². The van der Waals surface area contributed by atoms with Gasteiger partial charge < -0.3 is 4.74 Å². The average Bonchev–Trinajstić information content (AvgIpc) is 2.95. The van der Waals surface area contributed by atoms with E-state index in [0.29, 0.717) is 18.7 Å². The number of non-ortho nitro benzene ring substituents is 1. The van der Waals surface area contributed by atoms with E-state index in [4.69, 9.17) is 4.74 Å². The van der Waals surface area contributed by atoms with E-state index in [2.05, 4.69) is 0 Å². The molecule has 27 heavy (non-hydrogen) atoms. The number of sulfonamides is 1. The number of nitrogens with zero attached hydrogens (tertiary/aromatic N) is 2. The third-order valence-electron chi connectivity index (χ3n) is 4.84. The molecular formula is C19H22N2O5S. The monoisotopic (exact) mass is 390 g/mol. The van der Waals surface area contributed by atoms with Crippen molar-refractivity contribution < 1.29 is 18.1 Å². The standard InChI is InChI=1S/C19H22N2O5S/c1-26-17-11-9-15(10-12-17)19-8-3-2-4-13-20(19)27(24,25)18-7-5-6-16(14-18)21(22)23/h5-7,9-12,14,19H,2-4,8,13H2,1H3/t19-/m1/s1. The van der Waals surface area contributed by atoms with E-state index < -0.39 is 14.9 Å². The Morgan fingerprint density at radius 3 is 2.52 bits per heavy atom. The molecule has 2 aromatic rings. The van der Waals surface area contributed by atoms with Crippen LogP contribution in [-0.2, 0) is 10.0 Å². The van der Waals surface area contributed by atoms with Crippen molar-refractivity contribution in [3.05, 3.63) is 64.2 Å². The first-order valence-corrected chi connectivity index (χ1v) is 10.3. The van der Waals surface area contributed by atoms with Crippen molar-refractivity contribution in [3.8, 4) is 5.75 Å². The molecule has 144 valence electrons. The molecule has 1 aliphatic heterocycles. The first-order valence-electron chi connectivity index (χ1n) is 8.84. The predicted octanol–water partition coefficient (Wildman–Crippen LogP) is 3.91. The van der Waals surface area contributed by atoms with Gasteiger partial charge in [-0.05, 0) is 36.6 Å². The second kappa shape index (κ2) is 8.06. The van der Waals surface area contributed by atoms with E-state index in [1.165, 1.54) is 22.5 Å². The molecule has 1 fully saturated rings. The quantitative estimate of drug-likeness (QED) is 0.570. The number of hydrogen-bond donors (Lipinski definition) is 0. The summed E-state index contributed by atoms with van der Waals surface area (Å²) in [6, 6.07) is 12.3. The van der Waals surface area contributed by atoms with Crippen LogP contribution in [0, 0.1) is 10.1 Å². The Balaban J connectivity index is 2.01. The van der Waals surface area contributed by atoms with Crippen molar-refractivity contribution in [2.75, 3.05) is 13.7 Å². The van der Waals surface area contributed by atoms with Gasteiger partial charge in [0.25, 0.3) is 5.69 Å². The molecule has 0 aromatic heterocycles. The van der Waals surface area contributed by atoms with Crippen molar-refractivity contribution in [2.24, 2.45) is 0 Å². The van der Waals surface area contributed by atoms with Gasteiger partial charge in [0.05, 0.1) is 23.0 Å². The zero-order valence-electron chi connectivity index (χ0n) is 15.1. The Hall–Kier alpha value is -2.45. The Morgan fingerprint density at radius 2 is 1.85 bits per heavy atom. The highest BCUT2D eigenvalue weighted by atomic mass is 32.2. The fraction of sp³-hybridized carbons (Fsp3) is 0.368. The van der Waals surface area contributed by atoms with E-state index in [1.54, 1.807) is 7.11 Å². The van der Waals surface area contributed by atoms with Crippen LogP contribution in [0.5, 0.6) is 5.75 Å². The number of ether oxygens (including phenoxy) is 1. The van der Waals surface area contributed by atoms with Crippen LogP contribution in [-0.4, -0.2) is 31.3 Å². The molecule has 0 radical (unpaired) electrons. The first-order chi connectivity index (χ1) is 12.9. The molecule has 1 aliphatic rings. The molecule has 3 rings (SSSR count). The van der Waals surface area contributed by atoms with Gasteiger partial charge in [-0.1, -0.05) is 31.0 Å². The van der Waals surface area contributed by atoms with Gasteiger partial charge in [-0.25, -0.2) is 8.42 Å². The lowest BCUT2D eigenvalue weighted by molar-refractivity contribution is -0.385. The summed E-state index contributed by atoms with van der Waals surface area (Å²) in [5, 5.41) is 11.0. The summed E-state index contributed by atoms with van der Waals surface area (Å²) in [7, 11) is -2.27. The maximum absolute atomic E-state index is 13.3. The summed E-state index contributed by atoms with van der Waals surface area (Å²) in [5.41, 5.74) is 0.665. The Labute approximate surface area is 158 Å². The van der Waals surface area contributed by atoms with Gasteiger partial charge >= 0.3 is 0 Å². The topological polar surface area (TPSA) is 89.8 Å². The fourth-order valence-corrected chi connectivity index (χ4v) is 5.14. The molecule has 2 aromatic carbocycles. The van der Waals surface area contributed by atoms with Crippen LogP contribution in [0.25, 0.3) is 0 Å². The van der Waals surface area contributed by atoms with Crippen molar-refractivity contribution in [1.82, 2.24) is 4.31 Å². The van der Waals surface area contributed by atoms with Crippen LogP contribution < -0.4 is 4.74 Å². The highest BCUT2D eigenvalue weighted by molar-refractivity contribution is 7.89. The molecule has 0 N–H and O–H groups in total. The van der Waals surface area contributed by atoms with Gasteiger partial charge in [0.2, 0.25) is 10.0 Å². The maximum atomic E-state index is 13.3. The smallest absolute Gasteiger partial charge is 0.270 e. The zero-order valence-corrected chi connectivity index (χ0v) is 15.9. The van der Waals surface area contributed by atoms with Crippen LogP contribution in [0.2, 0.25) is 0 Å². The van der Waals surface area contributed by atoms with Gasteiger partial charge in [0.15, 0.2) is 0 Å². The molecule has 0 unspecified atom stereocenters. The summed E-state index contributed by atoms with van der Waals surface area (Å²) in [6.07, 6.45) is 3.35. The molecule has 0 aliphatic carbocycles. The fourth-order valence-electron chi connectivity index (χ4n) is 3.42. The lowest BCUT2D eigenvalue weighted by Gasteiger charge is -2.29. The SMILES string of the molecule is COc1ccc([C@H]2CCCCCN2S(=O)(=O)c2cccc([N+](=O)[O-])c2)cc1. The Kier molecular flexibility index (Phi) is 5.76. The van der Waals surface area contributed by atoms with Crippen molar-refractivity contribution >= 4 is 15.7 Å². The summed E-state index contributed by atoms with van der Waals surface area (Å²) < 4.78 is 33.3. The van der Waals surface area contributed by atoms with E-state index in [9.17, 15) is 18.5 Å². The summed E-state index contributed by atoms with van der Waals surface area (Å²) in [6.45, 7) is 0.391. The maximum Gasteiger partial charge on any atom is 0.270 e. The van der Waals surface area contributed by atoms with Gasteiger partial charge in [-0.2, -0.15) is 4.31 Å². The third-order valence-corrected chi connectivity index (χ3v) is 6.74. The number of benzene rings is 2. The van der Waals surface area contributed by atoms with E-state index >= 15 is 0 Å². The second-order valence-electron chi connectivity index (χ2n) is 6.51. The summed E-state index contributed by atoms with van der Waals surface area (Å²) in [5.74, 6) is 0.709. The van der Waals surface area contributed by atoms with E-state index in [1.807, 2.05) is 24.3 Å². The molecule has 0 spiro atoms. The molecule has 1 atom stereocenters. The molecule has 1 saturated heterocycles. The lowest BCUT2D eigenvalue weighted by atomic mass is 10.0. The summed E-state index contributed by atoms with van der Waals surface area (Å²) >= 11 is 0. The summed E-state index contributed by atoms with van der Waals surface area (Å²) in [4.78, 5) is 10.4. The number of nitro benzene ring substituents is 1. The molecular weight excluding hydrogens is 368 g/mol. The first kappa shape index (κ1) is 19.3. The van der Waals surface area contributed by atoms with Crippen molar-refractivity contribution in [2.45, 2.75) is 36.6 Å². The number of nitro groups is 1. The third kappa shape index (κ3) is 4.12. The van der Waals surface area contributed by atoms with E-state index in [-0.39, 0.29) is 16.6 Å². The van der Waals surface area contributed by atoms with Gasteiger partial charge in [0.1, 0.15) is 5.75 Å². The number of rotatable bonds is 5. The molecule has 0 amide bonds. The number of hydrogen-bond acceptors (Lipinski definition) is 5. The molecule has 1 heterocycles. The molecule has 0 bridgehead atoms. The lowest BCUT2D eigenvalue weighted by Crippen LogP contribution is -2.34.